The minimum atomic E-state index is -1.61. The zero-order valence-corrected chi connectivity index (χ0v) is 15.6. The Morgan fingerprint density at radius 1 is 1.31 bits per heavy atom. The molecule has 9 heteroatoms. The van der Waals surface area contributed by atoms with Gasteiger partial charge in [0.15, 0.2) is 11.6 Å². The van der Waals surface area contributed by atoms with E-state index in [9.17, 15) is 19.6 Å². The van der Waals surface area contributed by atoms with Crippen LogP contribution in [0.25, 0.3) is 0 Å². The first kappa shape index (κ1) is 20.3. The molecule has 1 amide bonds. The van der Waals surface area contributed by atoms with Crippen molar-refractivity contribution >= 4 is 24.6 Å². The molecule has 2 atom stereocenters. The summed E-state index contributed by atoms with van der Waals surface area (Å²) >= 11 is 0. The Labute approximate surface area is 154 Å². The van der Waals surface area contributed by atoms with Crippen molar-refractivity contribution in [2.24, 2.45) is 5.92 Å². The number of hydrogen-bond donors (Lipinski definition) is 3. The fourth-order valence-electron chi connectivity index (χ4n) is 2.99. The molecule has 3 N–H and O–H groups in total. The summed E-state index contributed by atoms with van der Waals surface area (Å²) in [7, 11) is -1.61. The number of nitrogens with zero attached hydrogens (tertiary/aromatic N) is 3. The standard InChI is InChI=1S/C17H27BN4O4/c1-11(2)10-15(18(25)26)19-17(24)7-5-14(23)13-8-9-22(13)16-6-4-12(3)20-21-16/h4,6,11,13,15,25-26H,5,7-10H2,1-3H3,(H,19,24). The number of aromatic nitrogens is 2. The first-order valence-corrected chi connectivity index (χ1v) is 9.03. The Morgan fingerprint density at radius 2 is 2.04 bits per heavy atom. The molecule has 1 aromatic rings. The molecule has 0 bridgehead atoms. The highest BCUT2D eigenvalue weighted by atomic mass is 16.4. The molecule has 2 rings (SSSR count). The van der Waals surface area contributed by atoms with Crippen LogP contribution < -0.4 is 10.2 Å². The minimum absolute atomic E-state index is 0.0151. The van der Waals surface area contributed by atoms with E-state index in [1.807, 2.05) is 37.8 Å². The SMILES string of the molecule is Cc1ccc(N2CCC2C(=O)CCC(=O)NC(CC(C)C)B(O)O)nn1. The van der Waals surface area contributed by atoms with E-state index < -0.39 is 13.1 Å². The maximum Gasteiger partial charge on any atom is 0.475 e. The van der Waals surface area contributed by atoms with Gasteiger partial charge in [0.25, 0.3) is 0 Å². The van der Waals surface area contributed by atoms with Gasteiger partial charge in [0.05, 0.1) is 17.7 Å². The molecule has 2 heterocycles. The number of Topliss-reactive ketones (excluding diaryl/α,β-unsaturated/α-hetero) is 1. The van der Waals surface area contributed by atoms with E-state index in [0.717, 1.165) is 18.7 Å². The van der Waals surface area contributed by atoms with Crippen LogP contribution >= 0.6 is 0 Å². The van der Waals surface area contributed by atoms with Crippen molar-refractivity contribution < 1.29 is 19.6 Å². The summed E-state index contributed by atoms with van der Waals surface area (Å²) in [6, 6.07) is 3.42. The van der Waals surface area contributed by atoms with Crippen LogP contribution in [0.2, 0.25) is 0 Å². The average Bonchev–Trinajstić information content (AvgIpc) is 2.53. The minimum Gasteiger partial charge on any atom is -0.426 e. The van der Waals surface area contributed by atoms with Gasteiger partial charge in [-0.15, -0.1) is 5.10 Å². The molecule has 0 aromatic carbocycles. The van der Waals surface area contributed by atoms with Gasteiger partial charge >= 0.3 is 7.12 Å². The summed E-state index contributed by atoms with van der Waals surface area (Å²) in [5.41, 5.74) is 0.816. The van der Waals surface area contributed by atoms with Crippen LogP contribution in [0.4, 0.5) is 5.82 Å². The van der Waals surface area contributed by atoms with Crippen LogP contribution in [-0.2, 0) is 9.59 Å². The van der Waals surface area contributed by atoms with E-state index in [4.69, 9.17) is 0 Å². The smallest absolute Gasteiger partial charge is 0.426 e. The lowest BCUT2D eigenvalue weighted by atomic mass is 9.75. The van der Waals surface area contributed by atoms with Crippen molar-refractivity contribution in [2.75, 3.05) is 11.4 Å². The summed E-state index contributed by atoms with van der Waals surface area (Å²) < 4.78 is 0. The molecule has 1 aliphatic heterocycles. The molecule has 0 saturated carbocycles. The summed E-state index contributed by atoms with van der Waals surface area (Å²) in [6.07, 6.45) is 1.34. The second-order valence-electron chi connectivity index (χ2n) is 7.21. The van der Waals surface area contributed by atoms with Crippen LogP contribution in [0.1, 0.15) is 45.2 Å². The van der Waals surface area contributed by atoms with E-state index >= 15 is 0 Å². The van der Waals surface area contributed by atoms with Crippen molar-refractivity contribution in [2.45, 2.75) is 58.4 Å². The fourth-order valence-corrected chi connectivity index (χ4v) is 2.99. The van der Waals surface area contributed by atoms with Crippen LogP contribution in [0.15, 0.2) is 12.1 Å². The highest BCUT2D eigenvalue weighted by molar-refractivity contribution is 6.43. The number of amides is 1. The van der Waals surface area contributed by atoms with Gasteiger partial charge in [-0.1, -0.05) is 13.8 Å². The highest BCUT2D eigenvalue weighted by Gasteiger charge is 2.35. The summed E-state index contributed by atoms with van der Waals surface area (Å²) in [6.45, 7) is 6.46. The van der Waals surface area contributed by atoms with Crippen molar-refractivity contribution in [1.82, 2.24) is 15.5 Å². The fraction of sp³-hybridized carbons (Fsp3) is 0.647. The molecule has 0 aliphatic carbocycles. The molecular weight excluding hydrogens is 335 g/mol. The van der Waals surface area contributed by atoms with Crippen LogP contribution in [-0.4, -0.2) is 57.6 Å². The predicted octanol–water partition coefficient (Wildman–Crippen LogP) is 0.256. The molecular formula is C17H27BN4O4. The summed E-state index contributed by atoms with van der Waals surface area (Å²) in [5, 5.41) is 29.4. The van der Waals surface area contributed by atoms with Gasteiger partial charge in [0, 0.05) is 19.4 Å². The molecule has 142 valence electrons. The molecule has 1 saturated heterocycles. The maximum absolute atomic E-state index is 12.4. The predicted molar refractivity (Wildman–Crippen MR) is 98.3 cm³/mol. The average molecular weight is 362 g/mol. The van der Waals surface area contributed by atoms with Gasteiger partial charge in [-0.2, -0.15) is 5.10 Å². The van der Waals surface area contributed by atoms with Crippen LogP contribution in [0.3, 0.4) is 0 Å². The van der Waals surface area contributed by atoms with Crippen LogP contribution in [0, 0.1) is 12.8 Å². The molecule has 1 aliphatic rings. The third-order valence-electron chi connectivity index (χ3n) is 4.50. The molecule has 0 radical (unpaired) electrons. The van der Waals surface area contributed by atoms with Gasteiger partial charge in [-0.3, -0.25) is 9.59 Å². The van der Waals surface area contributed by atoms with E-state index in [2.05, 4.69) is 15.5 Å². The van der Waals surface area contributed by atoms with Gasteiger partial charge in [-0.25, -0.2) is 0 Å². The molecule has 1 fully saturated rings. The second-order valence-corrected chi connectivity index (χ2v) is 7.21. The summed E-state index contributed by atoms with van der Waals surface area (Å²) in [4.78, 5) is 26.3. The van der Waals surface area contributed by atoms with Gasteiger partial charge < -0.3 is 20.3 Å². The van der Waals surface area contributed by atoms with E-state index in [1.54, 1.807) is 0 Å². The Kier molecular flexibility index (Phi) is 7.10. The third-order valence-corrected chi connectivity index (χ3v) is 4.50. The number of anilines is 1. The molecule has 2 unspecified atom stereocenters. The lowest BCUT2D eigenvalue weighted by Gasteiger charge is -2.40. The normalized spacial score (nSPS) is 17.6. The number of hydrogen-bond acceptors (Lipinski definition) is 7. The topological polar surface area (TPSA) is 116 Å². The Balaban J connectivity index is 1.82. The first-order chi connectivity index (χ1) is 12.3. The van der Waals surface area contributed by atoms with Crippen molar-refractivity contribution in [3.05, 3.63) is 17.8 Å². The zero-order chi connectivity index (χ0) is 19.3. The lowest BCUT2D eigenvalue weighted by molar-refractivity contribution is -0.126. The Bertz CT molecular complexity index is 624. The molecule has 1 aromatic heterocycles. The van der Waals surface area contributed by atoms with Crippen molar-refractivity contribution in [3.63, 3.8) is 0 Å². The molecule has 8 nitrogen and oxygen atoms in total. The first-order valence-electron chi connectivity index (χ1n) is 9.03. The molecule has 26 heavy (non-hydrogen) atoms. The largest absolute Gasteiger partial charge is 0.475 e. The summed E-state index contributed by atoms with van der Waals surface area (Å²) in [5.74, 6) is -0.203. The Hall–Kier alpha value is -2.00. The highest BCUT2D eigenvalue weighted by Crippen LogP contribution is 2.25. The third kappa shape index (κ3) is 5.50. The number of nitrogens with one attached hydrogen (secondary N) is 1. The quantitative estimate of drug-likeness (QED) is 0.540. The van der Waals surface area contributed by atoms with Gasteiger partial charge in [0.1, 0.15) is 0 Å². The van der Waals surface area contributed by atoms with Gasteiger partial charge in [-0.05, 0) is 37.8 Å². The van der Waals surface area contributed by atoms with Crippen LogP contribution in [0.5, 0.6) is 0 Å². The van der Waals surface area contributed by atoms with Crippen molar-refractivity contribution in [3.8, 4) is 0 Å². The number of carbonyl (C=O) groups is 2. The second kappa shape index (κ2) is 9.09. The van der Waals surface area contributed by atoms with E-state index in [1.165, 1.54) is 0 Å². The molecule has 0 spiro atoms. The Morgan fingerprint density at radius 3 is 2.54 bits per heavy atom. The number of carbonyl (C=O) groups excluding carboxylic acids is 2. The lowest BCUT2D eigenvalue weighted by Crippen LogP contribution is -2.53. The van der Waals surface area contributed by atoms with E-state index in [0.29, 0.717) is 12.2 Å². The van der Waals surface area contributed by atoms with Crippen molar-refractivity contribution in [1.29, 1.82) is 0 Å². The number of ketones is 1. The van der Waals surface area contributed by atoms with E-state index in [-0.39, 0.29) is 36.5 Å². The van der Waals surface area contributed by atoms with Gasteiger partial charge in [0.2, 0.25) is 5.91 Å². The number of rotatable bonds is 9. The monoisotopic (exact) mass is 362 g/mol. The number of aryl methyl sites for hydroxylation is 1. The maximum atomic E-state index is 12.4. The zero-order valence-electron chi connectivity index (χ0n) is 15.6.